The molecule has 1 aromatic rings. The maximum atomic E-state index is 5.99. The van der Waals surface area contributed by atoms with Gasteiger partial charge in [-0.2, -0.15) is 0 Å². The number of likely N-dealkylation sites (N-methyl/N-ethyl adjacent to an activating group) is 1. The van der Waals surface area contributed by atoms with E-state index in [1.165, 1.54) is 5.56 Å². The van der Waals surface area contributed by atoms with Crippen molar-refractivity contribution in [1.82, 2.24) is 9.88 Å². The Bertz CT molecular complexity index is 423. The zero-order valence-electron chi connectivity index (χ0n) is 12.4. The molecule has 0 unspecified atom stereocenters. The second-order valence-electron chi connectivity index (χ2n) is 5.97. The van der Waals surface area contributed by atoms with Gasteiger partial charge in [0.25, 0.3) is 0 Å². The Morgan fingerprint density at radius 1 is 1.32 bits per heavy atom. The summed E-state index contributed by atoms with van der Waals surface area (Å²) in [6, 6.07) is 4.24. The van der Waals surface area contributed by atoms with E-state index in [4.69, 9.17) is 16.6 Å². The summed E-state index contributed by atoms with van der Waals surface area (Å²) < 4.78 is 0. The highest BCUT2D eigenvalue weighted by molar-refractivity contribution is 6.17. The molecule has 1 fully saturated rings. The number of rotatable bonds is 3. The summed E-state index contributed by atoms with van der Waals surface area (Å²) in [6.07, 6.45) is 0.953. The van der Waals surface area contributed by atoms with Crippen LogP contribution in [0, 0.1) is 0 Å². The van der Waals surface area contributed by atoms with Crippen LogP contribution >= 0.6 is 11.6 Å². The fourth-order valence-electron chi connectivity index (χ4n) is 2.49. The van der Waals surface area contributed by atoms with Gasteiger partial charge in [-0.25, -0.2) is 4.98 Å². The molecule has 4 heteroatoms. The number of aryl methyl sites for hydroxylation is 1. The normalized spacial score (nSPS) is 19.7. The second kappa shape index (κ2) is 5.68. The van der Waals surface area contributed by atoms with E-state index in [2.05, 4.69) is 49.8 Å². The summed E-state index contributed by atoms with van der Waals surface area (Å²) in [4.78, 5) is 9.56. The van der Waals surface area contributed by atoms with E-state index in [0.717, 1.165) is 37.6 Å². The first kappa shape index (κ1) is 14.6. The maximum absolute atomic E-state index is 5.99. The highest BCUT2D eigenvalue weighted by Gasteiger charge is 2.31. The van der Waals surface area contributed by atoms with Crippen LogP contribution in [0.25, 0.3) is 0 Å². The lowest BCUT2D eigenvalue weighted by Gasteiger charge is -2.45. The number of hydrogen-bond donors (Lipinski definition) is 0. The van der Waals surface area contributed by atoms with Crippen molar-refractivity contribution in [2.24, 2.45) is 0 Å². The van der Waals surface area contributed by atoms with E-state index in [1.54, 1.807) is 0 Å². The first-order chi connectivity index (χ1) is 8.96. The quantitative estimate of drug-likeness (QED) is 0.794. The molecule has 106 valence electrons. The number of aromatic nitrogens is 1. The van der Waals surface area contributed by atoms with Crippen LogP contribution in [0.2, 0.25) is 0 Å². The third-order valence-corrected chi connectivity index (χ3v) is 4.39. The fraction of sp³-hybridized carbons (Fsp3) is 0.667. The Kier molecular flexibility index (Phi) is 4.36. The van der Waals surface area contributed by atoms with Crippen LogP contribution in [0.5, 0.6) is 0 Å². The molecule has 2 rings (SSSR count). The SMILES string of the molecule is CCc1cc(CCl)cc(N2CCN(C)C(C)(C)C2)n1. The lowest BCUT2D eigenvalue weighted by Crippen LogP contribution is -2.57. The van der Waals surface area contributed by atoms with Crippen LogP contribution in [-0.4, -0.2) is 42.1 Å². The summed E-state index contributed by atoms with van der Waals surface area (Å²) in [5.74, 6) is 1.64. The number of anilines is 1. The van der Waals surface area contributed by atoms with E-state index in [-0.39, 0.29) is 5.54 Å². The number of hydrogen-bond acceptors (Lipinski definition) is 3. The van der Waals surface area contributed by atoms with Crippen molar-refractivity contribution < 1.29 is 0 Å². The van der Waals surface area contributed by atoms with Crippen LogP contribution in [0.1, 0.15) is 32.0 Å². The molecule has 0 bridgehead atoms. The Morgan fingerprint density at radius 3 is 2.63 bits per heavy atom. The monoisotopic (exact) mass is 281 g/mol. The van der Waals surface area contributed by atoms with Crippen LogP contribution in [-0.2, 0) is 12.3 Å². The molecule has 0 aliphatic carbocycles. The molecule has 0 aromatic carbocycles. The molecule has 1 aliphatic rings. The largest absolute Gasteiger partial charge is 0.353 e. The lowest BCUT2D eigenvalue weighted by atomic mass is 9.99. The first-order valence-electron chi connectivity index (χ1n) is 6.98. The number of piperazine rings is 1. The summed E-state index contributed by atoms with van der Waals surface area (Å²) in [5.41, 5.74) is 2.48. The minimum absolute atomic E-state index is 0.184. The van der Waals surface area contributed by atoms with Gasteiger partial charge in [0, 0.05) is 36.7 Å². The molecule has 0 radical (unpaired) electrons. The van der Waals surface area contributed by atoms with Crippen molar-refractivity contribution in [2.75, 3.05) is 31.6 Å². The van der Waals surface area contributed by atoms with Gasteiger partial charge in [-0.05, 0) is 45.0 Å². The molecule has 19 heavy (non-hydrogen) atoms. The Labute approximate surface area is 121 Å². The minimum atomic E-state index is 0.184. The first-order valence-corrected chi connectivity index (χ1v) is 7.51. The number of alkyl halides is 1. The molecule has 0 spiro atoms. The summed E-state index contributed by atoms with van der Waals surface area (Å²) in [7, 11) is 2.19. The van der Waals surface area contributed by atoms with Crippen molar-refractivity contribution in [2.45, 2.75) is 38.6 Å². The average Bonchev–Trinajstić information content (AvgIpc) is 2.41. The van der Waals surface area contributed by atoms with Crippen molar-refractivity contribution in [1.29, 1.82) is 0 Å². The highest BCUT2D eigenvalue weighted by Crippen LogP contribution is 2.24. The Hall–Kier alpha value is -0.800. The molecule has 1 aliphatic heterocycles. The van der Waals surface area contributed by atoms with Crippen LogP contribution in [0.3, 0.4) is 0 Å². The van der Waals surface area contributed by atoms with Gasteiger partial charge in [0.15, 0.2) is 0 Å². The molecule has 0 amide bonds. The number of pyridine rings is 1. The van der Waals surface area contributed by atoms with Crippen molar-refractivity contribution >= 4 is 17.4 Å². The van der Waals surface area contributed by atoms with E-state index in [0.29, 0.717) is 5.88 Å². The third-order valence-electron chi connectivity index (χ3n) is 4.08. The Morgan fingerprint density at radius 2 is 2.05 bits per heavy atom. The van der Waals surface area contributed by atoms with Gasteiger partial charge >= 0.3 is 0 Å². The van der Waals surface area contributed by atoms with Gasteiger partial charge in [0.1, 0.15) is 5.82 Å². The molecule has 1 aromatic heterocycles. The number of nitrogens with zero attached hydrogens (tertiary/aromatic N) is 3. The van der Waals surface area contributed by atoms with Gasteiger partial charge in [-0.15, -0.1) is 11.6 Å². The fourth-order valence-corrected chi connectivity index (χ4v) is 2.64. The molecule has 0 atom stereocenters. The third kappa shape index (κ3) is 3.21. The lowest BCUT2D eigenvalue weighted by molar-refractivity contribution is 0.138. The van der Waals surface area contributed by atoms with Crippen LogP contribution in [0.15, 0.2) is 12.1 Å². The Balaban J connectivity index is 2.26. The standard InChI is InChI=1S/C15H24ClN3/c1-5-13-8-12(10-16)9-14(17-13)19-7-6-18(4)15(2,3)11-19/h8-9H,5-7,10-11H2,1-4H3. The van der Waals surface area contributed by atoms with Gasteiger partial charge in [-0.1, -0.05) is 6.92 Å². The average molecular weight is 282 g/mol. The smallest absolute Gasteiger partial charge is 0.129 e. The van der Waals surface area contributed by atoms with E-state index < -0.39 is 0 Å². The molecule has 2 heterocycles. The molecule has 3 nitrogen and oxygen atoms in total. The minimum Gasteiger partial charge on any atom is -0.353 e. The number of halogens is 1. The molecular formula is C15H24ClN3. The van der Waals surface area contributed by atoms with E-state index in [9.17, 15) is 0 Å². The van der Waals surface area contributed by atoms with Crippen molar-refractivity contribution in [3.63, 3.8) is 0 Å². The zero-order chi connectivity index (χ0) is 14.0. The summed E-state index contributed by atoms with van der Waals surface area (Å²) >= 11 is 5.99. The van der Waals surface area contributed by atoms with Crippen LogP contribution < -0.4 is 4.90 Å². The van der Waals surface area contributed by atoms with E-state index in [1.807, 2.05) is 0 Å². The van der Waals surface area contributed by atoms with Gasteiger partial charge < -0.3 is 4.90 Å². The highest BCUT2D eigenvalue weighted by atomic mass is 35.5. The predicted octanol–water partition coefficient (Wildman–Crippen LogP) is 2.91. The molecular weight excluding hydrogens is 258 g/mol. The molecule has 0 saturated carbocycles. The molecule has 1 saturated heterocycles. The van der Waals surface area contributed by atoms with Crippen LogP contribution in [0.4, 0.5) is 5.82 Å². The topological polar surface area (TPSA) is 19.4 Å². The maximum Gasteiger partial charge on any atom is 0.129 e. The molecule has 0 N–H and O–H groups in total. The van der Waals surface area contributed by atoms with Crippen molar-refractivity contribution in [3.8, 4) is 0 Å². The van der Waals surface area contributed by atoms with Gasteiger partial charge in [-0.3, -0.25) is 4.90 Å². The van der Waals surface area contributed by atoms with Gasteiger partial charge in [0.2, 0.25) is 0 Å². The zero-order valence-corrected chi connectivity index (χ0v) is 13.2. The second-order valence-corrected chi connectivity index (χ2v) is 6.23. The van der Waals surface area contributed by atoms with Gasteiger partial charge in [0.05, 0.1) is 0 Å². The van der Waals surface area contributed by atoms with E-state index >= 15 is 0 Å². The van der Waals surface area contributed by atoms with Crippen molar-refractivity contribution in [3.05, 3.63) is 23.4 Å². The predicted molar refractivity (Wildman–Crippen MR) is 82.1 cm³/mol. The summed E-state index contributed by atoms with van der Waals surface area (Å²) in [5, 5.41) is 0. The summed E-state index contributed by atoms with van der Waals surface area (Å²) in [6.45, 7) is 9.81.